The Hall–Kier alpha value is -1.66. The Morgan fingerprint density at radius 2 is 0.922 bits per heavy atom. The summed E-state index contributed by atoms with van der Waals surface area (Å²) in [6.07, 6.45) is 20.6. The molecule has 2 heterocycles. The van der Waals surface area contributed by atoms with E-state index in [0.29, 0.717) is 38.7 Å². The maximum atomic E-state index is 11.4. The lowest BCUT2D eigenvalue weighted by Gasteiger charge is -2.41. The van der Waals surface area contributed by atoms with Gasteiger partial charge in [-0.05, 0) is 157 Å². The molecular weight excluding hydrogens is 785 g/mol. The van der Waals surface area contributed by atoms with Gasteiger partial charge in [0.2, 0.25) is 11.8 Å². The fourth-order valence-corrected chi connectivity index (χ4v) is 8.82. The third-order valence-electron chi connectivity index (χ3n) is 13.2. The van der Waals surface area contributed by atoms with Crippen molar-refractivity contribution < 1.29 is 9.59 Å². The number of carbonyl (C=O) groups excluding carboxylic acids is 2. The number of nitrogens with one attached hydrogen (secondary N) is 1. The van der Waals surface area contributed by atoms with Crippen LogP contribution in [0.15, 0.2) is 25.3 Å². The van der Waals surface area contributed by atoms with E-state index in [1.54, 1.807) is 0 Å². The Labute approximate surface area is 402 Å². The van der Waals surface area contributed by atoms with E-state index in [1.165, 1.54) is 82.8 Å². The zero-order valence-corrected chi connectivity index (χ0v) is 47.5. The first-order valence-corrected chi connectivity index (χ1v) is 26.3. The van der Waals surface area contributed by atoms with Crippen molar-refractivity contribution in [2.24, 2.45) is 45.3 Å². The number of carbonyl (C=O) groups is 2. The lowest BCUT2D eigenvalue weighted by atomic mass is 9.74. The summed E-state index contributed by atoms with van der Waals surface area (Å²) in [5, 5.41) is 3.66. The lowest BCUT2D eigenvalue weighted by Crippen LogP contribution is -2.50. The van der Waals surface area contributed by atoms with Crippen molar-refractivity contribution in [3.8, 4) is 0 Å². The largest absolute Gasteiger partial charge is 0.339 e. The second kappa shape index (κ2) is 30.0. The molecule has 2 aliphatic carbocycles. The van der Waals surface area contributed by atoms with Crippen LogP contribution in [0.1, 0.15) is 236 Å². The van der Waals surface area contributed by atoms with Gasteiger partial charge in [-0.2, -0.15) is 0 Å². The molecular formula is C58H116N4O2. The van der Waals surface area contributed by atoms with Gasteiger partial charge in [-0.3, -0.25) is 14.5 Å². The highest BCUT2D eigenvalue weighted by molar-refractivity contribution is 5.87. The second-order valence-corrected chi connectivity index (χ2v) is 27.0. The number of piperidine rings is 1. The fourth-order valence-electron chi connectivity index (χ4n) is 8.82. The monoisotopic (exact) mass is 901 g/mol. The van der Waals surface area contributed by atoms with E-state index in [-0.39, 0.29) is 11.8 Å². The molecule has 380 valence electrons. The highest BCUT2D eigenvalue weighted by Gasteiger charge is 2.32. The summed E-state index contributed by atoms with van der Waals surface area (Å²) in [5.41, 5.74) is 2.53. The number of nitrogens with zero attached hydrogens (tertiary/aromatic N) is 3. The van der Waals surface area contributed by atoms with Gasteiger partial charge in [-0.25, -0.2) is 0 Å². The molecule has 6 nitrogen and oxygen atoms in total. The average Bonchev–Trinajstić information content (AvgIpc) is 3.10. The number of amides is 2. The molecule has 0 aromatic heterocycles. The molecule has 0 atom stereocenters. The third kappa shape index (κ3) is 34.6. The predicted octanol–water partition coefficient (Wildman–Crippen LogP) is 15.7. The summed E-state index contributed by atoms with van der Waals surface area (Å²) in [4.78, 5) is 28.7. The number of rotatable bonds is 8. The molecule has 0 spiro atoms. The summed E-state index contributed by atoms with van der Waals surface area (Å²) in [7, 11) is 0. The number of hydrogen-bond donors (Lipinski definition) is 1. The minimum atomic E-state index is 0.0742. The van der Waals surface area contributed by atoms with E-state index in [0.717, 1.165) is 75.9 Å². The minimum Gasteiger partial charge on any atom is -0.339 e. The van der Waals surface area contributed by atoms with Crippen molar-refractivity contribution in [1.29, 1.82) is 0 Å². The predicted molar refractivity (Wildman–Crippen MR) is 286 cm³/mol. The molecule has 4 aliphatic rings. The van der Waals surface area contributed by atoms with Crippen molar-refractivity contribution in [2.45, 2.75) is 253 Å². The fraction of sp³-hybridized carbons (Fsp3) is 0.897. The van der Waals surface area contributed by atoms with Gasteiger partial charge in [0.05, 0.1) is 0 Å². The van der Waals surface area contributed by atoms with Gasteiger partial charge in [0, 0.05) is 43.3 Å². The van der Waals surface area contributed by atoms with Crippen LogP contribution in [-0.4, -0.2) is 82.9 Å². The molecule has 0 bridgehead atoms. The standard InChI is InChI=1S/C13H23NO.C11H19NO.C10H21N.C9H18.C8H19N.C7H16/c1-5-12(15)14-8-6-11(7-9-14)10-13(2,3)4;1-5-10(13)12-7-9(8-12)6-11(2,3)4;1-10(2,3)11-9-7-5-4-6-8-9;1-9(2,3)7-8-5-4-6-8;1-6-9(7-2)8(3,4)5;1-6(2)7(3,4)5/h5,11H,1,6-10H2,2-4H3;5,9H,1,6-8H2,2-4H3;9,11H,4-8H2,1-3H3;8H,4-7H2,1-3H3;6-7H2,1-5H3;6H,1-5H3. The molecule has 4 fully saturated rings. The minimum absolute atomic E-state index is 0.0742. The third-order valence-corrected chi connectivity index (χ3v) is 13.2. The average molecular weight is 902 g/mol. The molecule has 64 heavy (non-hydrogen) atoms. The Morgan fingerprint density at radius 3 is 1.17 bits per heavy atom. The quantitative estimate of drug-likeness (QED) is 0.247. The summed E-state index contributed by atoms with van der Waals surface area (Å²) >= 11 is 0. The van der Waals surface area contributed by atoms with E-state index in [1.807, 2.05) is 9.80 Å². The van der Waals surface area contributed by atoms with Crippen LogP contribution in [0.2, 0.25) is 0 Å². The molecule has 2 saturated heterocycles. The lowest BCUT2D eigenvalue weighted by molar-refractivity contribution is -0.132. The van der Waals surface area contributed by atoms with Crippen LogP contribution in [-0.2, 0) is 9.59 Å². The highest BCUT2D eigenvalue weighted by atomic mass is 16.2. The van der Waals surface area contributed by atoms with Crippen LogP contribution >= 0.6 is 0 Å². The highest BCUT2D eigenvalue weighted by Crippen LogP contribution is 2.37. The maximum absolute atomic E-state index is 11.4. The Bertz CT molecular complexity index is 1230. The zero-order valence-electron chi connectivity index (χ0n) is 47.5. The van der Waals surface area contributed by atoms with Gasteiger partial charge in [-0.15, -0.1) is 0 Å². The van der Waals surface area contributed by atoms with Crippen LogP contribution in [0.5, 0.6) is 0 Å². The molecule has 2 amide bonds. The zero-order chi connectivity index (χ0) is 50.3. The maximum Gasteiger partial charge on any atom is 0.245 e. The van der Waals surface area contributed by atoms with Gasteiger partial charge in [0.15, 0.2) is 0 Å². The van der Waals surface area contributed by atoms with Gasteiger partial charge in [0.1, 0.15) is 0 Å². The second-order valence-electron chi connectivity index (χ2n) is 27.0. The topological polar surface area (TPSA) is 55.9 Å². The Balaban J connectivity index is 0. The molecule has 0 aromatic carbocycles. The first-order valence-electron chi connectivity index (χ1n) is 26.3. The first-order chi connectivity index (χ1) is 29.0. The van der Waals surface area contributed by atoms with Gasteiger partial charge < -0.3 is 15.1 Å². The van der Waals surface area contributed by atoms with Crippen molar-refractivity contribution in [2.75, 3.05) is 39.3 Å². The van der Waals surface area contributed by atoms with E-state index in [2.05, 4.69) is 176 Å². The molecule has 4 rings (SSSR count). The van der Waals surface area contributed by atoms with Crippen LogP contribution in [0, 0.1) is 45.3 Å². The summed E-state index contributed by atoms with van der Waals surface area (Å²) in [6, 6.07) is 0.795. The molecule has 0 radical (unpaired) electrons. The van der Waals surface area contributed by atoms with E-state index in [9.17, 15) is 9.59 Å². The normalized spacial score (nSPS) is 18.2. The van der Waals surface area contributed by atoms with Crippen molar-refractivity contribution in [3.63, 3.8) is 0 Å². The summed E-state index contributed by atoms with van der Waals surface area (Å²) in [6.45, 7) is 62.7. The van der Waals surface area contributed by atoms with Crippen LogP contribution in [0.25, 0.3) is 0 Å². The molecule has 1 N–H and O–H groups in total. The van der Waals surface area contributed by atoms with Crippen LogP contribution in [0.4, 0.5) is 0 Å². The van der Waals surface area contributed by atoms with Crippen molar-refractivity contribution >= 4 is 11.8 Å². The summed E-state index contributed by atoms with van der Waals surface area (Å²) < 4.78 is 0. The Kier molecular flexibility index (Phi) is 30.2. The van der Waals surface area contributed by atoms with E-state index in [4.69, 9.17) is 0 Å². The first kappa shape index (κ1) is 64.4. The number of hydrogen-bond acceptors (Lipinski definition) is 4. The molecule has 6 heteroatoms. The molecule has 0 unspecified atom stereocenters. The molecule has 2 aliphatic heterocycles. The SMILES string of the molecule is C=CC(=O)N1CC(CC(C)(C)C)C1.C=CC(=O)N1CCC(CC(C)(C)C)CC1.CC(C)(C)CC1CCC1.CC(C)(C)NC1CCCCC1.CC(C)C(C)(C)C.CCN(CC)C(C)(C)C. The smallest absolute Gasteiger partial charge is 0.245 e. The number of likely N-dealkylation sites (tertiary alicyclic amines) is 2. The van der Waals surface area contributed by atoms with E-state index >= 15 is 0 Å². The van der Waals surface area contributed by atoms with Crippen LogP contribution < -0.4 is 5.32 Å². The van der Waals surface area contributed by atoms with Gasteiger partial charge in [-0.1, -0.05) is 162 Å². The van der Waals surface area contributed by atoms with Crippen molar-refractivity contribution in [3.05, 3.63) is 25.3 Å². The molecule has 2 saturated carbocycles. The van der Waals surface area contributed by atoms with Crippen LogP contribution in [0.3, 0.4) is 0 Å². The Morgan fingerprint density at radius 1 is 0.562 bits per heavy atom. The summed E-state index contributed by atoms with van der Waals surface area (Å²) in [5.74, 6) is 3.52. The van der Waals surface area contributed by atoms with Gasteiger partial charge >= 0.3 is 0 Å². The van der Waals surface area contributed by atoms with Gasteiger partial charge in [0.25, 0.3) is 0 Å². The van der Waals surface area contributed by atoms with E-state index < -0.39 is 0 Å². The molecule has 0 aromatic rings. The van der Waals surface area contributed by atoms with Crippen molar-refractivity contribution in [1.82, 2.24) is 20.0 Å².